The van der Waals surface area contributed by atoms with Gasteiger partial charge in [0.15, 0.2) is 0 Å². The molecule has 10 rings (SSSR count). The third-order valence-corrected chi connectivity index (χ3v) is 11.8. The minimum absolute atomic E-state index is 0.362. The van der Waals surface area contributed by atoms with E-state index in [2.05, 4.69) is 229 Å². The summed E-state index contributed by atoms with van der Waals surface area (Å²) in [6.07, 6.45) is 1.95. The Morgan fingerprint density at radius 3 is 1.86 bits per heavy atom. The summed E-state index contributed by atoms with van der Waals surface area (Å²) in [5, 5.41) is 2.40. The first-order valence-corrected chi connectivity index (χ1v) is 20.7. The third kappa shape index (κ3) is 6.40. The number of rotatable bonds is 9. The van der Waals surface area contributed by atoms with Crippen molar-refractivity contribution >= 4 is 55.9 Å². The topological polar surface area (TPSA) is 27.5 Å². The highest BCUT2D eigenvalue weighted by Crippen LogP contribution is 2.49. The molecule has 0 amide bonds. The lowest BCUT2D eigenvalue weighted by atomic mass is 9.94. The van der Waals surface area contributed by atoms with Gasteiger partial charge in [-0.1, -0.05) is 135 Å². The van der Waals surface area contributed by atoms with Crippen molar-refractivity contribution in [3.8, 4) is 28.1 Å². The highest BCUT2D eigenvalue weighted by molar-refractivity contribution is 6.11. The van der Waals surface area contributed by atoms with Gasteiger partial charge in [-0.25, -0.2) is 4.98 Å². The molecule has 2 aromatic heterocycles. The van der Waals surface area contributed by atoms with Gasteiger partial charge >= 0.3 is 0 Å². The van der Waals surface area contributed by atoms with Crippen molar-refractivity contribution in [1.82, 2.24) is 9.55 Å². The monoisotopic (exact) mass is 765 g/mol. The van der Waals surface area contributed by atoms with E-state index >= 15 is 0 Å². The predicted octanol–water partition coefficient (Wildman–Crippen LogP) is 14.4. The number of nitrogens with zero attached hydrogens (tertiary/aromatic N) is 5. The van der Waals surface area contributed by atoms with Gasteiger partial charge in [-0.05, 0) is 97.1 Å². The maximum absolute atomic E-state index is 5.00. The first-order valence-electron chi connectivity index (χ1n) is 20.7. The van der Waals surface area contributed by atoms with E-state index in [1.54, 1.807) is 0 Å². The van der Waals surface area contributed by atoms with E-state index in [0.717, 1.165) is 68.5 Å². The third-order valence-electron chi connectivity index (χ3n) is 11.8. The first kappa shape index (κ1) is 36.2. The molecule has 0 aliphatic carbocycles. The van der Waals surface area contributed by atoms with Crippen LogP contribution in [-0.4, -0.2) is 22.3 Å². The number of fused-ring (bicyclic) bond motifs is 4. The summed E-state index contributed by atoms with van der Waals surface area (Å²) in [6.45, 7) is 9.81. The SMILES string of the molecule is CC(C)c1ccnc(-n2c3ccccc3c3ccc(N(c4cccc(N5CN(C(C)C)c6ccccc65)c4)c4c(-c5ccccc5)cccc4-c4ccccc4)cc32)c1. The average molecular weight is 766 g/mol. The highest BCUT2D eigenvalue weighted by Gasteiger charge is 2.30. The fourth-order valence-corrected chi connectivity index (χ4v) is 8.86. The molecule has 0 fully saturated rings. The van der Waals surface area contributed by atoms with Crippen LogP contribution < -0.4 is 14.7 Å². The zero-order chi connectivity index (χ0) is 40.0. The Balaban J connectivity index is 1.26. The van der Waals surface area contributed by atoms with E-state index in [1.807, 2.05) is 6.20 Å². The molecule has 0 bridgehead atoms. The van der Waals surface area contributed by atoms with Gasteiger partial charge in [0, 0.05) is 51.2 Å². The van der Waals surface area contributed by atoms with E-state index in [9.17, 15) is 0 Å². The number of para-hydroxylation sites is 4. The molecule has 1 aliphatic heterocycles. The molecular formula is C54H47N5. The van der Waals surface area contributed by atoms with Gasteiger partial charge in [-0.15, -0.1) is 0 Å². The number of anilines is 6. The Hall–Kier alpha value is -7.11. The van der Waals surface area contributed by atoms with Crippen LogP contribution in [0.5, 0.6) is 0 Å². The van der Waals surface area contributed by atoms with Gasteiger partial charge in [-0.3, -0.25) is 4.57 Å². The smallest absolute Gasteiger partial charge is 0.137 e. The Morgan fingerprint density at radius 1 is 0.525 bits per heavy atom. The maximum atomic E-state index is 5.00. The molecule has 59 heavy (non-hydrogen) atoms. The van der Waals surface area contributed by atoms with E-state index < -0.39 is 0 Å². The maximum Gasteiger partial charge on any atom is 0.137 e. The molecule has 0 atom stereocenters. The van der Waals surface area contributed by atoms with Gasteiger partial charge in [0.2, 0.25) is 0 Å². The molecule has 7 aromatic carbocycles. The molecule has 288 valence electrons. The largest absolute Gasteiger partial charge is 0.349 e. The van der Waals surface area contributed by atoms with Crippen LogP contribution in [0.15, 0.2) is 188 Å². The first-order chi connectivity index (χ1) is 28.9. The molecule has 3 heterocycles. The van der Waals surface area contributed by atoms with Gasteiger partial charge in [0.1, 0.15) is 5.82 Å². The second-order valence-electron chi connectivity index (χ2n) is 16.1. The zero-order valence-corrected chi connectivity index (χ0v) is 34.0. The van der Waals surface area contributed by atoms with Gasteiger partial charge in [-0.2, -0.15) is 0 Å². The fraction of sp³-hybridized carbons (Fsp3) is 0.130. The van der Waals surface area contributed by atoms with Crippen LogP contribution in [0.25, 0.3) is 49.9 Å². The summed E-state index contributed by atoms with van der Waals surface area (Å²) < 4.78 is 2.34. The number of pyridine rings is 1. The molecule has 0 radical (unpaired) electrons. The molecule has 1 aliphatic rings. The molecule has 0 N–H and O–H groups in total. The zero-order valence-electron chi connectivity index (χ0n) is 34.0. The van der Waals surface area contributed by atoms with Crippen LogP contribution in [0.2, 0.25) is 0 Å². The second kappa shape index (κ2) is 15.0. The van der Waals surface area contributed by atoms with E-state index in [4.69, 9.17) is 4.98 Å². The number of benzene rings is 7. The highest BCUT2D eigenvalue weighted by atomic mass is 15.4. The Morgan fingerprint density at radius 2 is 1.15 bits per heavy atom. The summed E-state index contributed by atoms with van der Waals surface area (Å²) in [6, 6.07) is 66.6. The standard InChI is InChI=1S/C54H47N5/c1-37(2)41-31-32-55-53(33-41)59-49-26-12-11-23-47(49)48-30-29-44(35-52(48)59)58(43-22-15-21-42(34-43)57-36-56(38(3)4)50-27-13-14-28-51(50)57)54-45(39-17-7-5-8-18-39)24-16-25-46(54)40-19-9-6-10-20-40/h5-35,37-38H,36H2,1-4H3. The van der Waals surface area contributed by atoms with E-state index in [-0.39, 0.29) is 0 Å². The van der Waals surface area contributed by atoms with Crippen LogP contribution in [0, 0.1) is 0 Å². The van der Waals surface area contributed by atoms with Gasteiger partial charge < -0.3 is 14.7 Å². The Labute approximate surface area is 347 Å². The van der Waals surface area contributed by atoms with Crippen molar-refractivity contribution in [3.63, 3.8) is 0 Å². The van der Waals surface area contributed by atoms with Gasteiger partial charge in [0.25, 0.3) is 0 Å². The number of hydrogen-bond acceptors (Lipinski definition) is 4. The van der Waals surface area contributed by atoms with Crippen LogP contribution in [-0.2, 0) is 0 Å². The lowest BCUT2D eigenvalue weighted by molar-refractivity contribution is 0.709. The summed E-state index contributed by atoms with van der Waals surface area (Å²) in [7, 11) is 0. The van der Waals surface area contributed by atoms with Crippen LogP contribution in [0.3, 0.4) is 0 Å². The molecule has 5 nitrogen and oxygen atoms in total. The summed E-state index contributed by atoms with van der Waals surface area (Å²) in [4.78, 5) is 12.4. The van der Waals surface area contributed by atoms with Gasteiger partial charge in [0.05, 0.1) is 34.8 Å². The van der Waals surface area contributed by atoms with Crippen molar-refractivity contribution in [2.75, 3.05) is 21.4 Å². The van der Waals surface area contributed by atoms with Crippen LogP contribution in [0.4, 0.5) is 34.1 Å². The van der Waals surface area contributed by atoms with Crippen LogP contribution >= 0.6 is 0 Å². The molecule has 0 saturated heterocycles. The lowest BCUT2D eigenvalue weighted by Crippen LogP contribution is -2.33. The fourth-order valence-electron chi connectivity index (χ4n) is 8.86. The van der Waals surface area contributed by atoms with Crippen molar-refractivity contribution in [2.24, 2.45) is 0 Å². The normalized spacial score (nSPS) is 12.6. The summed E-state index contributed by atoms with van der Waals surface area (Å²) in [5.74, 6) is 1.30. The second-order valence-corrected chi connectivity index (χ2v) is 16.1. The van der Waals surface area contributed by atoms with E-state index in [1.165, 1.54) is 27.7 Å². The van der Waals surface area contributed by atoms with E-state index in [0.29, 0.717) is 12.0 Å². The summed E-state index contributed by atoms with van der Waals surface area (Å²) >= 11 is 0. The molecule has 0 spiro atoms. The van der Waals surface area contributed by atoms with Crippen molar-refractivity contribution in [1.29, 1.82) is 0 Å². The van der Waals surface area contributed by atoms with Crippen molar-refractivity contribution < 1.29 is 0 Å². The Bertz CT molecular complexity index is 2890. The number of aromatic nitrogens is 2. The quantitative estimate of drug-likeness (QED) is 0.146. The average Bonchev–Trinajstić information content (AvgIpc) is 3.84. The van der Waals surface area contributed by atoms with Crippen molar-refractivity contribution in [3.05, 3.63) is 194 Å². The summed E-state index contributed by atoms with van der Waals surface area (Å²) in [5.41, 5.74) is 15.0. The number of hydrogen-bond donors (Lipinski definition) is 0. The minimum Gasteiger partial charge on any atom is -0.349 e. The minimum atomic E-state index is 0.362. The molecule has 5 heteroatoms. The van der Waals surface area contributed by atoms with Crippen LogP contribution in [0.1, 0.15) is 39.2 Å². The molecular weight excluding hydrogens is 719 g/mol. The van der Waals surface area contributed by atoms with Crippen molar-refractivity contribution in [2.45, 2.75) is 39.7 Å². The molecule has 0 saturated carbocycles. The lowest BCUT2D eigenvalue weighted by Gasteiger charge is -2.32. The Kier molecular flexibility index (Phi) is 9.22. The molecule has 9 aromatic rings. The molecule has 0 unspecified atom stereocenters. The predicted molar refractivity (Wildman–Crippen MR) is 249 cm³/mol.